The first-order valence-corrected chi connectivity index (χ1v) is 10.2. The van der Waals surface area contributed by atoms with Crippen LogP contribution in [0.4, 0.5) is 10.5 Å². The Morgan fingerprint density at radius 2 is 1.93 bits per heavy atom. The topological polar surface area (TPSA) is 83.4 Å². The molecule has 0 unspecified atom stereocenters. The van der Waals surface area contributed by atoms with Crippen LogP contribution in [0.3, 0.4) is 0 Å². The Morgan fingerprint density at radius 1 is 1.10 bits per heavy atom. The number of anilines is 1. The highest BCUT2D eigenvalue weighted by Crippen LogP contribution is 2.34. The van der Waals surface area contributed by atoms with Gasteiger partial charge in [0, 0.05) is 61.0 Å². The number of pyridine rings is 1. The van der Waals surface area contributed by atoms with Crippen molar-refractivity contribution in [3.8, 4) is 0 Å². The number of fused-ring (bicyclic) bond motifs is 4. The molecule has 152 valence electrons. The Labute approximate surface area is 173 Å². The maximum absolute atomic E-state index is 12.6. The smallest absolute Gasteiger partial charge is 0.317 e. The predicted molar refractivity (Wildman–Crippen MR) is 111 cm³/mol. The van der Waals surface area contributed by atoms with Crippen LogP contribution in [0, 0.1) is 5.92 Å². The van der Waals surface area contributed by atoms with Crippen LogP contribution < -0.4 is 16.2 Å². The van der Waals surface area contributed by atoms with Crippen molar-refractivity contribution in [2.75, 3.05) is 25.0 Å². The zero-order valence-electron chi connectivity index (χ0n) is 15.9. The number of benzene rings is 1. The van der Waals surface area contributed by atoms with Crippen LogP contribution in [0.25, 0.3) is 0 Å². The lowest BCUT2D eigenvalue weighted by Gasteiger charge is -2.42. The van der Waals surface area contributed by atoms with E-state index in [-0.39, 0.29) is 42.3 Å². The fourth-order valence-corrected chi connectivity index (χ4v) is 4.44. The summed E-state index contributed by atoms with van der Waals surface area (Å²) in [5, 5.41) is 6.15. The maximum atomic E-state index is 12.6. The number of likely N-dealkylation sites (tertiary alicyclic amines) is 1. The van der Waals surface area contributed by atoms with Crippen molar-refractivity contribution in [3.63, 3.8) is 0 Å². The molecule has 0 spiro atoms. The third kappa shape index (κ3) is 4.45. The van der Waals surface area contributed by atoms with E-state index in [1.165, 1.54) is 0 Å². The molecule has 3 heterocycles. The van der Waals surface area contributed by atoms with E-state index in [0.29, 0.717) is 30.3 Å². The average molecular weight is 415 g/mol. The highest BCUT2D eigenvalue weighted by Gasteiger charge is 2.36. The van der Waals surface area contributed by atoms with Crippen molar-refractivity contribution in [1.82, 2.24) is 14.8 Å². The van der Waals surface area contributed by atoms with E-state index >= 15 is 0 Å². The molecule has 29 heavy (non-hydrogen) atoms. The van der Waals surface area contributed by atoms with Crippen LogP contribution in [-0.4, -0.2) is 41.0 Å². The predicted octanol–water partition coefficient (Wildman–Crippen LogP) is 2.66. The summed E-state index contributed by atoms with van der Waals surface area (Å²) in [7, 11) is 0. The second kappa shape index (κ2) is 8.29. The summed E-state index contributed by atoms with van der Waals surface area (Å²) >= 11 is 5.91. The summed E-state index contributed by atoms with van der Waals surface area (Å²) in [6.45, 7) is 2.11. The fourth-order valence-electron chi connectivity index (χ4n) is 4.25. The zero-order valence-corrected chi connectivity index (χ0v) is 16.7. The van der Waals surface area contributed by atoms with Gasteiger partial charge in [0.25, 0.3) is 5.56 Å². The van der Waals surface area contributed by atoms with E-state index < -0.39 is 0 Å². The molecule has 7 nitrogen and oxygen atoms in total. The Kier molecular flexibility index (Phi) is 5.58. The SMILES string of the molecule is O=C(CCNC(=O)N1C[C@@H]2C[C@@H](C1)c1cccc(=O)n1C2)Nc1cccc(Cl)c1. The highest BCUT2D eigenvalue weighted by atomic mass is 35.5. The second-order valence-electron chi connectivity index (χ2n) is 7.64. The molecule has 0 saturated carbocycles. The molecule has 0 radical (unpaired) electrons. The minimum absolute atomic E-state index is 0.0285. The molecule has 2 aliphatic rings. The largest absolute Gasteiger partial charge is 0.337 e. The molecular weight excluding hydrogens is 392 g/mol. The van der Waals surface area contributed by atoms with Crippen molar-refractivity contribution in [2.45, 2.75) is 25.3 Å². The molecular formula is C21H23ClN4O3. The molecule has 1 fully saturated rings. The first kappa shape index (κ1) is 19.5. The van der Waals surface area contributed by atoms with E-state index in [9.17, 15) is 14.4 Å². The zero-order chi connectivity index (χ0) is 20.4. The van der Waals surface area contributed by atoms with Gasteiger partial charge in [-0.05, 0) is 36.6 Å². The number of carbonyl (C=O) groups is 2. The number of amides is 3. The van der Waals surface area contributed by atoms with Gasteiger partial charge >= 0.3 is 6.03 Å². The van der Waals surface area contributed by atoms with Crippen molar-refractivity contribution in [3.05, 3.63) is 63.5 Å². The van der Waals surface area contributed by atoms with Crippen LogP contribution in [0.5, 0.6) is 0 Å². The number of hydrogen-bond acceptors (Lipinski definition) is 3. The highest BCUT2D eigenvalue weighted by molar-refractivity contribution is 6.30. The summed E-state index contributed by atoms with van der Waals surface area (Å²) in [6.07, 6.45) is 1.17. The first-order valence-electron chi connectivity index (χ1n) is 9.77. The number of halogens is 1. The Hall–Kier alpha value is -2.80. The van der Waals surface area contributed by atoms with E-state index in [1.54, 1.807) is 41.3 Å². The lowest BCUT2D eigenvalue weighted by Crippen LogP contribution is -2.52. The number of nitrogens with one attached hydrogen (secondary N) is 2. The van der Waals surface area contributed by atoms with Crippen molar-refractivity contribution >= 4 is 29.2 Å². The fraction of sp³-hybridized carbons (Fsp3) is 0.381. The number of hydrogen-bond donors (Lipinski definition) is 2. The number of carbonyl (C=O) groups excluding carboxylic acids is 2. The molecule has 2 aliphatic heterocycles. The number of aromatic nitrogens is 1. The molecule has 2 N–H and O–H groups in total. The first-order chi connectivity index (χ1) is 14.0. The summed E-state index contributed by atoms with van der Waals surface area (Å²) in [6, 6.07) is 12.1. The standard InChI is InChI=1S/C21H23ClN4O3/c22-16-3-1-4-17(10-16)24-19(27)7-8-23-21(29)25-11-14-9-15(13-25)18-5-2-6-20(28)26(18)12-14/h1-6,10,14-15H,7-9,11-13H2,(H,23,29)(H,24,27)/t14-,15-/m0/s1. The summed E-state index contributed by atoms with van der Waals surface area (Å²) in [5.41, 5.74) is 1.67. The van der Waals surface area contributed by atoms with Crippen LogP contribution in [0.15, 0.2) is 47.3 Å². The molecule has 1 saturated heterocycles. The summed E-state index contributed by atoms with van der Waals surface area (Å²) < 4.78 is 1.84. The molecule has 3 amide bonds. The summed E-state index contributed by atoms with van der Waals surface area (Å²) in [5.74, 6) is 0.267. The van der Waals surface area contributed by atoms with Gasteiger partial charge in [-0.2, -0.15) is 0 Å². The molecule has 8 heteroatoms. The van der Waals surface area contributed by atoms with Crippen LogP contribution >= 0.6 is 11.6 Å². The Morgan fingerprint density at radius 3 is 2.76 bits per heavy atom. The molecule has 0 aliphatic carbocycles. The van der Waals surface area contributed by atoms with Gasteiger partial charge in [0.05, 0.1) is 0 Å². The van der Waals surface area contributed by atoms with Gasteiger partial charge in [0.1, 0.15) is 0 Å². The second-order valence-corrected chi connectivity index (χ2v) is 8.08. The Bertz CT molecular complexity index is 990. The van der Waals surface area contributed by atoms with Crippen LogP contribution in [-0.2, 0) is 11.3 Å². The van der Waals surface area contributed by atoms with E-state index in [1.807, 2.05) is 10.6 Å². The number of urea groups is 1. The molecule has 2 atom stereocenters. The van der Waals surface area contributed by atoms with Gasteiger partial charge in [-0.25, -0.2) is 4.79 Å². The van der Waals surface area contributed by atoms with Crippen molar-refractivity contribution in [1.29, 1.82) is 0 Å². The van der Waals surface area contributed by atoms with Gasteiger partial charge < -0.3 is 20.1 Å². The number of piperidine rings is 1. The minimum atomic E-state index is -0.184. The maximum Gasteiger partial charge on any atom is 0.317 e. The molecule has 2 bridgehead atoms. The quantitative estimate of drug-likeness (QED) is 0.806. The van der Waals surface area contributed by atoms with Crippen LogP contribution in [0.1, 0.15) is 24.5 Å². The molecule has 1 aromatic heterocycles. The lowest BCUT2D eigenvalue weighted by molar-refractivity contribution is -0.116. The molecule has 4 rings (SSSR count). The van der Waals surface area contributed by atoms with Gasteiger partial charge in [-0.1, -0.05) is 23.7 Å². The van der Waals surface area contributed by atoms with Gasteiger partial charge in [-0.15, -0.1) is 0 Å². The summed E-state index contributed by atoms with van der Waals surface area (Å²) in [4.78, 5) is 38.5. The van der Waals surface area contributed by atoms with Crippen LogP contribution in [0.2, 0.25) is 5.02 Å². The van der Waals surface area contributed by atoms with Gasteiger partial charge in [0.15, 0.2) is 0 Å². The third-order valence-corrected chi connectivity index (χ3v) is 5.74. The normalized spacial score (nSPS) is 20.0. The number of nitrogens with zero attached hydrogens (tertiary/aromatic N) is 2. The van der Waals surface area contributed by atoms with Gasteiger partial charge in [-0.3, -0.25) is 9.59 Å². The van der Waals surface area contributed by atoms with Crippen molar-refractivity contribution in [2.24, 2.45) is 5.92 Å². The number of rotatable bonds is 4. The third-order valence-electron chi connectivity index (χ3n) is 5.50. The van der Waals surface area contributed by atoms with E-state index in [2.05, 4.69) is 10.6 Å². The van der Waals surface area contributed by atoms with Gasteiger partial charge in [0.2, 0.25) is 5.91 Å². The Balaban J connectivity index is 1.29. The lowest BCUT2D eigenvalue weighted by atomic mass is 9.83. The minimum Gasteiger partial charge on any atom is -0.337 e. The molecule has 1 aromatic carbocycles. The van der Waals surface area contributed by atoms with E-state index in [0.717, 1.165) is 12.1 Å². The van der Waals surface area contributed by atoms with Crippen molar-refractivity contribution < 1.29 is 9.59 Å². The average Bonchev–Trinajstić information content (AvgIpc) is 2.68. The molecule has 2 aromatic rings. The monoisotopic (exact) mass is 414 g/mol. The van der Waals surface area contributed by atoms with E-state index in [4.69, 9.17) is 11.6 Å².